The van der Waals surface area contributed by atoms with Crippen LogP contribution in [0.2, 0.25) is 10.3 Å². The molecule has 2 heterocycles. The third-order valence-corrected chi connectivity index (χ3v) is 4.14. The molecule has 1 aliphatic heterocycles. The van der Waals surface area contributed by atoms with E-state index in [0.717, 1.165) is 0 Å². The second-order valence-corrected chi connectivity index (χ2v) is 7.56. The molecule has 0 aromatic carbocycles. The van der Waals surface area contributed by atoms with Gasteiger partial charge in [0.2, 0.25) is 0 Å². The van der Waals surface area contributed by atoms with Crippen molar-refractivity contribution in [1.82, 2.24) is 15.1 Å². The summed E-state index contributed by atoms with van der Waals surface area (Å²) in [4.78, 5) is 15.9. The van der Waals surface area contributed by atoms with Crippen LogP contribution in [0.15, 0.2) is 6.07 Å². The van der Waals surface area contributed by atoms with Gasteiger partial charge in [0.25, 0.3) is 0 Å². The lowest BCUT2D eigenvalue weighted by atomic mass is 10.1. The lowest BCUT2D eigenvalue weighted by Gasteiger charge is -2.45. The van der Waals surface area contributed by atoms with Gasteiger partial charge in [-0.25, -0.2) is 4.79 Å². The first-order valence-electron chi connectivity index (χ1n) is 7.68. The highest BCUT2D eigenvalue weighted by atomic mass is 35.5. The van der Waals surface area contributed by atoms with E-state index in [2.05, 4.69) is 10.2 Å². The summed E-state index contributed by atoms with van der Waals surface area (Å²) in [5.74, 6) is 0. The molecule has 0 radical (unpaired) electrons. The van der Waals surface area contributed by atoms with Crippen LogP contribution in [0.25, 0.3) is 0 Å². The predicted octanol–water partition coefficient (Wildman–Crippen LogP) is 2.59. The molecule has 1 N–H and O–H groups in total. The van der Waals surface area contributed by atoms with Crippen molar-refractivity contribution in [2.24, 2.45) is 0 Å². The number of aliphatic hydroxyl groups is 1. The van der Waals surface area contributed by atoms with Crippen LogP contribution in [0, 0.1) is 0 Å². The molecule has 0 saturated carbocycles. The van der Waals surface area contributed by atoms with Crippen LogP contribution in [0.4, 0.5) is 10.5 Å². The second-order valence-electron chi connectivity index (χ2n) is 6.81. The number of anilines is 1. The average Bonchev–Trinajstić information content (AvgIpc) is 2.47. The van der Waals surface area contributed by atoms with Crippen molar-refractivity contribution in [3.8, 4) is 0 Å². The summed E-state index contributed by atoms with van der Waals surface area (Å²) < 4.78 is 5.44. The molecule has 7 nitrogen and oxygen atoms in total. The summed E-state index contributed by atoms with van der Waals surface area (Å²) in [7, 11) is 0. The van der Waals surface area contributed by atoms with Crippen LogP contribution in [0.5, 0.6) is 0 Å². The van der Waals surface area contributed by atoms with Gasteiger partial charge in [0.05, 0.1) is 18.3 Å². The molecule has 1 aliphatic rings. The Kier molecular flexibility index (Phi) is 5.78. The van der Waals surface area contributed by atoms with E-state index in [1.165, 1.54) is 0 Å². The number of nitrogens with zero attached hydrogens (tertiary/aromatic N) is 4. The van der Waals surface area contributed by atoms with Crippen LogP contribution in [0.3, 0.4) is 0 Å². The van der Waals surface area contributed by atoms with Crippen LogP contribution in [-0.2, 0) is 4.74 Å². The SMILES string of the molecule is C[C@@H]1CN(c2cc(Cl)nnc2Cl)C(CO)CN1C(=O)OC(C)(C)C. The smallest absolute Gasteiger partial charge is 0.410 e. The minimum atomic E-state index is -0.575. The van der Waals surface area contributed by atoms with Crippen LogP contribution in [-0.4, -0.2) is 63.7 Å². The van der Waals surface area contributed by atoms with Crippen LogP contribution in [0.1, 0.15) is 27.7 Å². The molecule has 2 rings (SSSR count). The van der Waals surface area contributed by atoms with Crippen molar-refractivity contribution in [3.63, 3.8) is 0 Å². The van der Waals surface area contributed by atoms with Gasteiger partial charge in [-0.1, -0.05) is 23.2 Å². The van der Waals surface area contributed by atoms with E-state index in [4.69, 9.17) is 27.9 Å². The number of amides is 1. The fourth-order valence-corrected chi connectivity index (χ4v) is 2.95. The topological polar surface area (TPSA) is 78.8 Å². The molecule has 0 bridgehead atoms. The largest absolute Gasteiger partial charge is 0.444 e. The minimum Gasteiger partial charge on any atom is -0.444 e. The number of ether oxygens (including phenoxy) is 1. The van der Waals surface area contributed by atoms with Crippen molar-refractivity contribution in [1.29, 1.82) is 0 Å². The third-order valence-electron chi connectivity index (χ3n) is 3.69. The normalized spacial score (nSPS) is 21.8. The first kappa shape index (κ1) is 19.0. The molecule has 134 valence electrons. The van der Waals surface area contributed by atoms with E-state index in [1.807, 2.05) is 32.6 Å². The Morgan fingerprint density at radius 3 is 2.62 bits per heavy atom. The van der Waals surface area contributed by atoms with Gasteiger partial charge in [-0.15, -0.1) is 10.2 Å². The Morgan fingerprint density at radius 2 is 2.04 bits per heavy atom. The standard InChI is InChI=1S/C15H22Cl2N4O3/c1-9-6-21(11-5-12(16)18-19-13(11)17)10(8-22)7-20(9)14(23)24-15(2,3)4/h5,9-10,22H,6-8H2,1-4H3/t9-,10?/m1/s1. The first-order valence-corrected chi connectivity index (χ1v) is 8.44. The van der Waals surface area contributed by atoms with Gasteiger partial charge in [-0.05, 0) is 27.7 Å². The molecule has 0 aliphatic carbocycles. The molecule has 1 amide bonds. The molecular formula is C15H22Cl2N4O3. The summed E-state index contributed by atoms with van der Waals surface area (Å²) in [6, 6.07) is 1.13. The highest BCUT2D eigenvalue weighted by molar-refractivity contribution is 6.33. The van der Waals surface area contributed by atoms with Crippen molar-refractivity contribution in [3.05, 3.63) is 16.4 Å². The number of rotatable bonds is 2. The van der Waals surface area contributed by atoms with E-state index in [-0.39, 0.29) is 29.0 Å². The summed E-state index contributed by atoms with van der Waals surface area (Å²) in [5.41, 5.74) is 0.0144. The summed E-state index contributed by atoms with van der Waals surface area (Å²) in [6.45, 7) is 7.99. The van der Waals surface area contributed by atoms with Crippen molar-refractivity contribution >= 4 is 35.0 Å². The minimum absolute atomic E-state index is 0.134. The fourth-order valence-electron chi connectivity index (χ4n) is 2.61. The van der Waals surface area contributed by atoms with Crippen molar-refractivity contribution < 1.29 is 14.6 Å². The van der Waals surface area contributed by atoms with Gasteiger partial charge >= 0.3 is 6.09 Å². The quantitative estimate of drug-likeness (QED) is 0.854. The number of carbonyl (C=O) groups is 1. The maximum atomic E-state index is 12.4. The van der Waals surface area contributed by atoms with E-state index in [1.54, 1.807) is 11.0 Å². The monoisotopic (exact) mass is 376 g/mol. The third kappa shape index (κ3) is 4.40. The zero-order chi connectivity index (χ0) is 18.1. The number of aliphatic hydroxyl groups excluding tert-OH is 1. The molecule has 9 heteroatoms. The van der Waals surface area contributed by atoms with Crippen LogP contribution >= 0.6 is 23.2 Å². The van der Waals surface area contributed by atoms with E-state index < -0.39 is 11.7 Å². The van der Waals surface area contributed by atoms with Gasteiger partial charge in [0.15, 0.2) is 10.3 Å². The van der Waals surface area contributed by atoms with Crippen molar-refractivity contribution in [2.45, 2.75) is 45.4 Å². The van der Waals surface area contributed by atoms with Gasteiger partial charge in [-0.3, -0.25) is 0 Å². The molecule has 1 aromatic heterocycles. The number of hydrogen-bond acceptors (Lipinski definition) is 6. The van der Waals surface area contributed by atoms with Crippen molar-refractivity contribution in [2.75, 3.05) is 24.6 Å². The first-order chi connectivity index (χ1) is 11.1. The summed E-state index contributed by atoms with van der Waals surface area (Å²) in [6.07, 6.45) is -0.398. The lowest BCUT2D eigenvalue weighted by Crippen LogP contribution is -2.61. The Labute approximate surface area is 151 Å². The number of hydrogen-bond donors (Lipinski definition) is 1. The molecule has 1 unspecified atom stereocenters. The Morgan fingerprint density at radius 1 is 1.38 bits per heavy atom. The Bertz CT molecular complexity index is 609. The summed E-state index contributed by atoms with van der Waals surface area (Å²) >= 11 is 12.0. The number of halogens is 2. The zero-order valence-electron chi connectivity index (χ0n) is 14.2. The number of aromatic nitrogens is 2. The molecule has 1 aromatic rings. The molecule has 2 atom stereocenters. The van der Waals surface area contributed by atoms with Gasteiger partial charge < -0.3 is 19.6 Å². The maximum absolute atomic E-state index is 12.4. The fraction of sp³-hybridized carbons (Fsp3) is 0.667. The maximum Gasteiger partial charge on any atom is 0.410 e. The zero-order valence-corrected chi connectivity index (χ0v) is 15.7. The van der Waals surface area contributed by atoms with Gasteiger partial charge in [-0.2, -0.15) is 0 Å². The molecule has 1 fully saturated rings. The predicted molar refractivity (Wildman–Crippen MR) is 92.7 cm³/mol. The van der Waals surface area contributed by atoms with E-state index >= 15 is 0 Å². The average molecular weight is 377 g/mol. The summed E-state index contributed by atoms with van der Waals surface area (Å²) in [5, 5.41) is 17.7. The second kappa shape index (κ2) is 7.29. The molecular weight excluding hydrogens is 355 g/mol. The highest BCUT2D eigenvalue weighted by Gasteiger charge is 2.37. The lowest BCUT2D eigenvalue weighted by molar-refractivity contribution is 0.0103. The highest BCUT2D eigenvalue weighted by Crippen LogP contribution is 2.30. The Balaban J connectivity index is 2.22. The molecule has 1 saturated heterocycles. The Hall–Kier alpha value is -1.31. The molecule has 24 heavy (non-hydrogen) atoms. The van der Waals surface area contributed by atoms with Crippen LogP contribution < -0.4 is 4.90 Å². The van der Waals surface area contributed by atoms with E-state index in [0.29, 0.717) is 18.8 Å². The van der Waals surface area contributed by atoms with Gasteiger partial charge in [0, 0.05) is 25.2 Å². The van der Waals surface area contributed by atoms with Gasteiger partial charge in [0.1, 0.15) is 5.60 Å². The molecule has 0 spiro atoms. The number of piperazine rings is 1. The van der Waals surface area contributed by atoms with E-state index in [9.17, 15) is 9.90 Å². The number of carbonyl (C=O) groups excluding carboxylic acids is 1.